The first-order valence-electron chi connectivity index (χ1n) is 10.9. The maximum Gasteiger partial charge on any atom is 0.268 e. The quantitative estimate of drug-likeness (QED) is 0.213. The second kappa shape index (κ2) is 9.12. The number of carbonyl (C=O) groups excluding carboxylic acids is 1. The van der Waals surface area contributed by atoms with Gasteiger partial charge in [-0.2, -0.15) is 0 Å². The van der Waals surface area contributed by atoms with Gasteiger partial charge in [-0.15, -0.1) is 0 Å². The van der Waals surface area contributed by atoms with Crippen molar-refractivity contribution in [1.29, 1.82) is 0 Å². The van der Waals surface area contributed by atoms with E-state index in [0.717, 1.165) is 48.2 Å². The molecule has 1 aliphatic rings. The Morgan fingerprint density at radius 3 is 2.61 bits per heavy atom. The van der Waals surface area contributed by atoms with Gasteiger partial charge < -0.3 is 0 Å². The van der Waals surface area contributed by atoms with Crippen molar-refractivity contribution < 1.29 is 4.79 Å². The summed E-state index contributed by atoms with van der Waals surface area (Å²) >= 11 is 7.20. The molecule has 0 fully saturated rings. The van der Waals surface area contributed by atoms with Crippen LogP contribution in [0.4, 0.5) is 0 Å². The third kappa shape index (κ3) is 4.33. The number of para-hydroxylation sites is 1. The van der Waals surface area contributed by atoms with Gasteiger partial charge in [0.1, 0.15) is 0 Å². The van der Waals surface area contributed by atoms with Crippen LogP contribution in [0.2, 0.25) is 5.02 Å². The van der Waals surface area contributed by atoms with Crippen molar-refractivity contribution >= 4 is 40.2 Å². The number of thioether (sulfide) groups is 1. The fourth-order valence-electron chi connectivity index (χ4n) is 4.19. The average molecular weight is 476 g/mol. The molecule has 0 radical (unpaired) electrons. The van der Waals surface area contributed by atoms with E-state index in [2.05, 4.69) is 0 Å². The summed E-state index contributed by atoms with van der Waals surface area (Å²) in [5, 5.41) is 1.57. The first-order chi connectivity index (χ1) is 16.0. The second-order valence-electron chi connectivity index (χ2n) is 8.21. The lowest BCUT2D eigenvalue weighted by Crippen LogP contribution is -2.24. The number of benzene rings is 2. The first-order valence-corrected chi connectivity index (χ1v) is 12.3. The van der Waals surface area contributed by atoms with Gasteiger partial charge in [0.25, 0.3) is 5.56 Å². The minimum absolute atomic E-state index is 0.0549. The number of fused-ring (bicyclic) bond motifs is 2. The van der Waals surface area contributed by atoms with Gasteiger partial charge in [-0.05, 0) is 80.1 Å². The van der Waals surface area contributed by atoms with E-state index in [1.807, 2.05) is 37.3 Å². The molecule has 2 aromatic carbocycles. The maximum absolute atomic E-state index is 13.7. The maximum atomic E-state index is 13.7. The van der Waals surface area contributed by atoms with Gasteiger partial charge in [-0.25, -0.2) is 9.97 Å². The van der Waals surface area contributed by atoms with E-state index in [1.54, 1.807) is 28.8 Å². The molecule has 2 aromatic heterocycles. The smallest absolute Gasteiger partial charge is 0.268 e. The molecule has 0 saturated carbocycles. The van der Waals surface area contributed by atoms with Crippen LogP contribution in [0.5, 0.6) is 0 Å². The Balaban J connectivity index is 1.61. The summed E-state index contributed by atoms with van der Waals surface area (Å²) in [5.41, 5.74) is 4.76. The minimum Gasteiger partial charge on any atom is -0.293 e. The Bertz CT molecular complexity index is 1430. The monoisotopic (exact) mass is 475 g/mol. The summed E-state index contributed by atoms with van der Waals surface area (Å²) in [7, 11) is 0. The predicted octanol–water partition coefficient (Wildman–Crippen LogP) is 5.60. The Labute approximate surface area is 200 Å². The number of rotatable bonds is 5. The number of Topliss-reactive ketones (excluding diaryl/α,β-unsaturated/α-hetero) is 1. The first kappa shape index (κ1) is 21.9. The SMILES string of the molecule is Cc1ccccc1-n1c(SCC(=O)c2ccc(Cl)cc2)nc2nc3c(cc2c1=O)CCCC3. The van der Waals surface area contributed by atoms with Crippen LogP contribution in [0.25, 0.3) is 16.7 Å². The summed E-state index contributed by atoms with van der Waals surface area (Å²) in [6.07, 6.45) is 4.06. The fourth-order valence-corrected chi connectivity index (χ4v) is 5.20. The van der Waals surface area contributed by atoms with E-state index < -0.39 is 0 Å². The third-order valence-corrected chi connectivity index (χ3v) is 7.15. The largest absolute Gasteiger partial charge is 0.293 e. The molecule has 33 heavy (non-hydrogen) atoms. The highest BCUT2D eigenvalue weighted by molar-refractivity contribution is 7.99. The van der Waals surface area contributed by atoms with Gasteiger partial charge in [-0.3, -0.25) is 14.2 Å². The van der Waals surface area contributed by atoms with Crippen LogP contribution in [0, 0.1) is 6.92 Å². The van der Waals surface area contributed by atoms with Crippen molar-refractivity contribution in [2.45, 2.75) is 37.8 Å². The van der Waals surface area contributed by atoms with E-state index in [1.165, 1.54) is 11.8 Å². The van der Waals surface area contributed by atoms with Crippen LogP contribution in [-0.4, -0.2) is 26.1 Å². The van der Waals surface area contributed by atoms with Gasteiger partial charge in [0.15, 0.2) is 16.6 Å². The van der Waals surface area contributed by atoms with E-state index in [9.17, 15) is 9.59 Å². The van der Waals surface area contributed by atoms with Crippen LogP contribution >= 0.6 is 23.4 Å². The molecule has 0 bridgehead atoms. The van der Waals surface area contributed by atoms with Gasteiger partial charge in [0.05, 0.1) is 16.8 Å². The number of nitrogens with zero attached hydrogens (tertiary/aromatic N) is 3. The van der Waals surface area contributed by atoms with Crippen molar-refractivity contribution in [1.82, 2.24) is 14.5 Å². The van der Waals surface area contributed by atoms with Crippen LogP contribution in [-0.2, 0) is 12.8 Å². The molecule has 0 amide bonds. The van der Waals surface area contributed by atoms with E-state index >= 15 is 0 Å². The minimum atomic E-state index is -0.156. The number of aromatic nitrogens is 3. The highest BCUT2D eigenvalue weighted by Gasteiger charge is 2.20. The summed E-state index contributed by atoms with van der Waals surface area (Å²) in [4.78, 5) is 36.0. The third-order valence-electron chi connectivity index (χ3n) is 5.96. The number of pyridine rings is 1. The summed E-state index contributed by atoms with van der Waals surface area (Å²) in [6.45, 7) is 1.96. The van der Waals surface area contributed by atoms with Crippen LogP contribution in [0.1, 0.15) is 40.0 Å². The lowest BCUT2D eigenvalue weighted by atomic mass is 9.95. The number of aryl methyl sites for hydroxylation is 3. The van der Waals surface area contributed by atoms with Crippen molar-refractivity contribution in [2.75, 3.05) is 5.75 Å². The topological polar surface area (TPSA) is 64.8 Å². The van der Waals surface area contributed by atoms with Gasteiger partial charge >= 0.3 is 0 Å². The molecule has 0 N–H and O–H groups in total. The fraction of sp³-hybridized carbons (Fsp3) is 0.231. The number of carbonyl (C=O) groups is 1. The van der Waals surface area contributed by atoms with E-state index in [4.69, 9.17) is 21.6 Å². The Morgan fingerprint density at radius 1 is 1.06 bits per heavy atom. The summed E-state index contributed by atoms with van der Waals surface area (Å²) in [5.74, 6) is 0.0943. The molecule has 1 aliphatic carbocycles. The van der Waals surface area contributed by atoms with Gasteiger partial charge in [0.2, 0.25) is 0 Å². The average Bonchev–Trinajstić information content (AvgIpc) is 2.83. The van der Waals surface area contributed by atoms with Crippen molar-refractivity contribution in [3.05, 3.63) is 92.4 Å². The number of hydrogen-bond donors (Lipinski definition) is 0. The second-order valence-corrected chi connectivity index (χ2v) is 9.59. The zero-order chi connectivity index (χ0) is 22.9. The van der Waals surface area contributed by atoms with E-state index in [-0.39, 0.29) is 17.1 Å². The van der Waals surface area contributed by atoms with Gasteiger partial charge in [-0.1, -0.05) is 41.6 Å². The van der Waals surface area contributed by atoms with E-state index in [0.29, 0.717) is 26.8 Å². The summed E-state index contributed by atoms with van der Waals surface area (Å²) in [6, 6.07) is 16.5. The summed E-state index contributed by atoms with van der Waals surface area (Å²) < 4.78 is 1.62. The normalized spacial score (nSPS) is 13.2. The molecule has 0 atom stereocenters. The molecule has 0 unspecified atom stereocenters. The highest BCUT2D eigenvalue weighted by Crippen LogP contribution is 2.26. The molecule has 5 nitrogen and oxygen atoms in total. The molecular weight excluding hydrogens is 454 g/mol. The number of halogens is 1. The molecule has 0 aliphatic heterocycles. The molecule has 0 saturated heterocycles. The van der Waals surface area contributed by atoms with Crippen LogP contribution in [0.15, 0.2) is 64.5 Å². The lowest BCUT2D eigenvalue weighted by molar-refractivity contribution is 0.102. The molecule has 5 rings (SSSR count). The lowest BCUT2D eigenvalue weighted by Gasteiger charge is -2.18. The molecule has 166 valence electrons. The highest BCUT2D eigenvalue weighted by atomic mass is 35.5. The van der Waals surface area contributed by atoms with Crippen molar-refractivity contribution in [3.63, 3.8) is 0 Å². The molecular formula is C26H22ClN3O2S. The van der Waals surface area contributed by atoms with Crippen LogP contribution in [0.3, 0.4) is 0 Å². The molecule has 0 spiro atoms. The Kier molecular flexibility index (Phi) is 6.04. The molecule has 7 heteroatoms. The molecule has 4 aromatic rings. The molecule has 2 heterocycles. The Morgan fingerprint density at radius 2 is 1.82 bits per heavy atom. The number of hydrogen-bond acceptors (Lipinski definition) is 5. The number of ketones is 1. The van der Waals surface area contributed by atoms with Crippen molar-refractivity contribution in [2.24, 2.45) is 0 Å². The van der Waals surface area contributed by atoms with Crippen LogP contribution < -0.4 is 5.56 Å². The van der Waals surface area contributed by atoms with Gasteiger partial charge in [0, 0.05) is 16.3 Å². The van der Waals surface area contributed by atoms with Crippen molar-refractivity contribution in [3.8, 4) is 5.69 Å². The predicted molar refractivity (Wildman–Crippen MR) is 133 cm³/mol. The standard InChI is InChI=1S/C26H22ClN3O2S/c1-16-6-2-5-9-22(16)30-25(32)20-14-18-7-3-4-8-21(18)28-24(20)29-26(30)33-15-23(31)17-10-12-19(27)13-11-17/h2,5-6,9-14H,3-4,7-8,15H2,1H3. The Hall–Kier alpha value is -2.96. The zero-order valence-corrected chi connectivity index (χ0v) is 19.7. The zero-order valence-electron chi connectivity index (χ0n) is 18.2.